The van der Waals surface area contributed by atoms with Crippen LogP contribution in [0.4, 0.5) is 4.39 Å². The first-order valence-electron chi connectivity index (χ1n) is 10.1. The molecule has 0 aliphatic rings. The summed E-state index contributed by atoms with van der Waals surface area (Å²) < 4.78 is 14.2. The van der Waals surface area contributed by atoms with Crippen LogP contribution in [0.5, 0.6) is 5.75 Å². The summed E-state index contributed by atoms with van der Waals surface area (Å²) >= 11 is 0. The lowest BCUT2D eigenvalue weighted by atomic mass is 10.1. The zero-order valence-electron chi connectivity index (χ0n) is 18.0. The molecule has 2 N–H and O–H groups in total. The molecule has 0 spiro atoms. The fraction of sp³-hybridized carbons (Fsp3) is 0.208. The smallest absolute Gasteiger partial charge is 0.296 e. The van der Waals surface area contributed by atoms with Gasteiger partial charge < -0.3 is 15.3 Å². The highest BCUT2D eigenvalue weighted by Gasteiger charge is 2.20. The van der Waals surface area contributed by atoms with Crippen molar-refractivity contribution < 1.29 is 14.3 Å². The van der Waals surface area contributed by atoms with E-state index in [2.05, 4.69) is 16.9 Å². The van der Waals surface area contributed by atoms with E-state index in [0.717, 1.165) is 12.1 Å². The van der Waals surface area contributed by atoms with Crippen LogP contribution in [0.15, 0.2) is 66.1 Å². The number of carbonyl (C=O) groups is 1. The molecular weight excluding hydrogens is 411 g/mol. The van der Waals surface area contributed by atoms with Crippen molar-refractivity contribution in [2.45, 2.75) is 20.0 Å². The van der Waals surface area contributed by atoms with Crippen molar-refractivity contribution in [2.75, 3.05) is 6.54 Å². The third-order valence-electron chi connectivity index (χ3n) is 5.11. The van der Waals surface area contributed by atoms with Gasteiger partial charge in [0, 0.05) is 32.2 Å². The fourth-order valence-electron chi connectivity index (χ4n) is 3.17. The molecule has 0 atom stereocenters. The van der Waals surface area contributed by atoms with Crippen molar-refractivity contribution in [3.05, 3.63) is 94.3 Å². The molecule has 0 unspecified atom stereocenters. The van der Waals surface area contributed by atoms with Crippen molar-refractivity contribution in [3.8, 4) is 17.1 Å². The highest BCUT2D eigenvalue weighted by Crippen LogP contribution is 2.20. The zero-order valence-corrected chi connectivity index (χ0v) is 18.0. The molecule has 0 aliphatic carbocycles. The quantitative estimate of drug-likeness (QED) is 0.566. The van der Waals surface area contributed by atoms with Gasteiger partial charge in [-0.3, -0.25) is 14.2 Å². The predicted molar refractivity (Wildman–Crippen MR) is 120 cm³/mol. The number of amides is 1. The fourth-order valence-corrected chi connectivity index (χ4v) is 3.17. The second kappa shape index (κ2) is 9.91. The minimum absolute atomic E-state index is 0.0940. The minimum atomic E-state index is -0.728. The lowest BCUT2D eigenvalue weighted by molar-refractivity contribution is 0.0942. The van der Waals surface area contributed by atoms with Crippen LogP contribution < -0.4 is 10.9 Å². The Kier molecular flexibility index (Phi) is 7.04. The van der Waals surface area contributed by atoms with Crippen LogP contribution in [0.2, 0.25) is 0 Å². The highest BCUT2D eigenvalue weighted by molar-refractivity contribution is 5.95. The van der Waals surface area contributed by atoms with E-state index in [1.165, 1.54) is 35.9 Å². The normalized spacial score (nSPS) is 10.6. The first-order valence-corrected chi connectivity index (χ1v) is 10.1. The molecule has 3 rings (SSSR count). The van der Waals surface area contributed by atoms with Crippen LogP contribution in [0, 0.1) is 5.82 Å². The van der Waals surface area contributed by atoms with Crippen molar-refractivity contribution in [1.29, 1.82) is 0 Å². The van der Waals surface area contributed by atoms with Gasteiger partial charge in [0.2, 0.25) is 5.75 Å². The van der Waals surface area contributed by atoms with Crippen molar-refractivity contribution in [1.82, 2.24) is 19.8 Å². The number of hydrogen-bond acceptors (Lipinski definition) is 5. The molecule has 8 heteroatoms. The Labute approximate surface area is 185 Å². The summed E-state index contributed by atoms with van der Waals surface area (Å²) in [5, 5.41) is 12.8. The summed E-state index contributed by atoms with van der Waals surface area (Å²) in [6.45, 7) is 7.44. The van der Waals surface area contributed by atoms with Gasteiger partial charge in [-0.05, 0) is 36.4 Å². The van der Waals surface area contributed by atoms with Gasteiger partial charge in [-0.2, -0.15) is 0 Å². The van der Waals surface area contributed by atoms with E-state index in [0.29, 0.717) is 17.7 Å². The number of nitrogens with zero attached hydrogens (tertiary/aromatic N) is 3. The maximum atomic E-state index is 13.0. The lowest BCUT2D eigenvalue weighted by Crippen LogP contribution is -2.29. The number of aromatic hydroxyl groups is 1. The van der Waals surface area contributed by atoms with Crippen LogP contribution >= 0.6 is 0 Å². The lowest BCUT2D eigenvalue weighted by Gasteiger charge is -2.18. The topological polar surface area (TPSA) is 87.5 Å². The third-order valence-corrected chi connectivity index (χ3v) is 5.11. The minimum Gasteiger partial charge on any atom is -0.501 e. The van der Waals surface area contributed by atoms with Crippen LogP contribution in [-0.2, 0) is 20.1 Å². The number of hydrogen-bond donors (Lipinski definition) is 2. The molecule has 3 aromatic rings. The SMILES string of the molecule is C=CN(CC)Cc1ccc(-c2nc(C(=O)NCc3ccc(F)cc3)c(O)c(=O)n2C)cc1. The maximum absolute atomic E-state index is 13.0. The molecule has 1 heterocycles. The van der Waals surface area contributed by atoms with E-state index < -0.39 is 17.2 Å². The van der Waals surface area contributed by atoms with E-state index in [9.17, 15) is 19.1 Å². The van der Waals surface area contributed by atoms with E-state index in [-0.39, 0.29) is 23.9 Å². The Morgan fingerprint density at radius 3 is 2.41 bits per heavy atom. The van der Waals surface area contributed by atoms with Crippen LogP contribution in [0.3, 0.4) is 0 Å². The first-order chi connectivity index (χ1) is 15.3. The van der Waals surface area contributed by atoms with Crippen LogP contribution in [0.1, 0.15) is 28.5 Å². The average Bonchev–Trinajstić information content (AvgIpc) is 2.81. The number of halogens is 1. The Morgan fingerprint density at radius 2 is 1.81 bits per heavy atom. The van der Waals surface area contributed by atoms with E-state index in [4.69, 9.17) is 0 Å². The molecule has 1 aromatic heterocycles. The monoisotopic (exact) mass is 436 g/mol. The molecule has 0 bridgehead atoms. The summed E-state index contributed by atoms with van der Waals surface area (Å²) in [4.78, 5) is 31.5. The maximum Gasteiger partial charge on any atom is 0.296 e. The van der Waals surface area contributed by atoms with Crippen LogP contribution in [-0.4, -0.2) is 32.0 Å². The summed E-state index contributed by atoms with van der Waals surface area (Å²) in [6, 6.07) is 13.1. The van der Waals surface area contributed by atoms with Crippen molar-refractivity contribution >= 4 is 5.91 Å². The van der Waals surface area contributed by atoms with Gasteiger partial charge in [-0.1, -0.05) is 43.0 Å². The molecule has 1 amide bonds. The second-order valence-corrected chi connectivity index (χ2v) is 7.25. The number of carbonyl (C=O) groups excluding carboxylic acids is 1. The number of benzene rings is 2. The van der Waals surface area contributed by atoms with Gasteiger partial charge in [-0.15, -0.1) is 0 Å². The van der Waals surface area contributed by atoms with Gasteiger partial charge >= 0.3 is 0 Å². The molecule has 0 saturated heterocycles. The van der Waals surface area contributed by atoms with Gasteiger partial charge in [0.1, 0.15) is 11.6 Å². The van der Waals surface area contributed by atoms with E-state index in [1.807, 2.05) is 36.1 Å². The zero-order chi connectivity index (χ0) is 23.3. The molecule has 2 aromatic carbocycles. The van der Waals surface area contributed by atoms with E-state index in [1.54, 1.807) is 6.20 Å². The predicted octanol–water partition coefficient (Wildman–Crippen LogP) is 3.19. The third kappa shape index (κ3) is 5.03. The number of aromatic nitrogens is 2. The molecule has 32 heavy (non-hydrogen) atoms. The van der Waals surface area contributed by atoms with Crippen LogP contribution in [0.25, 0.3) is 11.4 Å². The van der Waals surface area contributed by atoms with Gasteiger partial charge in [0.15, 0.2) is 5.69 Å². The average molecular weight is 436 g/mol. The number of nitrogens with one attached hydrogen (secondary N) is 1. The summed E-state index contributed by atoms with van der Waals surface area (Å²) in [6.07, 6.45) is 1.77. The summed E-state index contributed by atoms with van der Waals surface area (Å²) in [5.74, 6) is -1.56. The molecule has 0 aliphatic heterocycles. The molecular formula is C24H25FN4O3. The Balaban J connectivity index is 1.86. The molecule has 166 valence electrons. The highest BCUT2D eigenvalue weighted by atomic mass is 19.1. The van der Waals surface area contributed by atoms with Gasteiger partial charge in [0.05, 0.1) is 0 Å². The Bertz CT molecular complexity index is 1170. The summed E-state index contributed by atoms with van der Waals surface area (Å²) in [5.41, 5.74) is 1.26. The molecule has 0 saturated carbocycles. The van der Waals surface area contributed by atoms with Crippen molar-refractivity contribution in [2.24, 2.45) is 7.05 Å². The standard InChI is InChI=1S/C24H25FN4O3/c1-4-29(5-2)15-17-6-10-18(11-7-17)22-27-20(21(30)24(32)28(22)3)23(31)26-14-16-8-12-19(25)13-9-16/h4,6-13,30H,1,5,14-15H2,2-3H3,(H,26,31). The largest absolute Gasteiger partial charge is 0.501 e. The Morgan fingerprint density at radius 1 is 1.19 bits per heavy atom. The first kappa shape index (κ1) is 22.7. The molecule has 7 nitrogen and oxygen atoms in total. The Hall–Kier alpha value is -3.94. The van der Waals surface area contributed by atoms with E-state index >= 15 is 0 Å². The second-order valence-electron chi connectivity index (χ2n) is 7.25. The summed E-state index contributed by atoms with van der Waals surface area (Å²) in [7, 11) is 1.48. The van der Waals surface area contributed by atoms with Gasteiger partial charge in [-0.25, -0.2) is 9.37 Å². The van der Waals surface area contributed by atoms with Gasteiger partial charge in [0.25, 0.3) is 11.5 Å². The van der Waals surface area contributed by atoms with Crippen molar-refractivity contribution in [3.63, 3.8) is 0 Å². The number of rotatable bonds is 8. The molecule has 0 fully saturated rings. The molecule has 0 radical (unpaired) electrons.